The average Bonchev–Trinajstić information content (AvgIpc) is 2.88. The molecule has 0 saturated heterocycles. The Morgan fingerprint density at radius 3 is 1.85 bits per heavy atom. The van der Waals surface area contributed by atoms with Crippen LogP contribution in [0, 0.1) is 17.8 Å². The van der Waals surface area contributed by atoms with Crippen molar-refractivity contribution in [2.75, 3.05) is 12.2 Å². The molecule has 3 atom stereocenters. The number of carbonyl (C=O) groups excluding carboxylic acids is 4. The maximum absolute atomic E-state index is 13.6. The summed E-state index contributed by atoms with van der Waals surface area (Å²) in [6.45, 7) is 7.79. The Bertz CT molecular complexity index is 1080. The van der Waals surface area contributed by atoms with Gasteiger partial charge in [0.25, 0.3) is 5.91 Å². The van der Waals surface area contributed by atoms with Crippen LogP contribution >= 0.6 is 0 Å². The highest BCUT2D eigenvalue weighted by Gasteiger charge is 2.31. The van der Waals surface area contributed by atoms with Crippen LogP contribution in [0.25, 0.3) is 0 Å². The molecule has 39 heavy (non-hydrogen) atoms. The lowest BCUT2D eigenvalue weighted by molar-refractivity contribution is -0.135. The Labute approximate surface area is 231 Å². The molecule has 4 amide bonds. The molecule has 9 heteroatoms. The number of primary amides is 1. The van der Waals surface area contributed by atoms with Crippen LogP contribution in [0.15, 0.2) is 60.7 Å². The molecule has 4 N–H and O–H groups in total. The first-order valence-electron chi connectivity index (χ1n) is 13.4. The van der Waals surface area contributed by atoms with Gasteiger partial charge in [0.15, 0.2) is 0 Å². The van der Waals surface area contributed by atoms with Crippen molar-refractivity contribution in [3.05, 3.63) is 66.2 Å². The molecule has 2 aromatic carbocycles. The second-order valence-corrected chi connectivity index (χ2v) is 10.6. The van der Waals surface area contributed by atoms with E-state index in [1.54, 1.807) is 24.3 Å². The fourth-order valence-electron chi connectivity index (χ4n) is 4.40. The van der Waals surface area contributed by atoms with E-state index in [1.165, 1.54) is 7.11 Å². The zero-order chi connectivity index (χ0) is 28.9. The summed E-state index contributed by atoms with van der Waals surface area (Å²) in [6, 6.07) is 16.3. The van der Waals surface area contributed by atoms with Crippen molar-refractivity contribution in [1.82, 2.24) is 10.6 Å². The van der Waals surface area contributed by atoms with Gasteiger partial charge in [-0.25, -0.2) is 0 Å². The molecule has 9 nitrogen and oxygen atoms in total. The summed E-state index contributed by atoms with van der Waals surface area (Å²) >= 11 is 0. The quantitative estimate of drug-likeness (QED) is 0.299. The van der Waals surface area contributed by atoms with Gasteiger partial charge in [-0.15, -0.1) is 0 Å². The lowest BCUT2D eigenvalue weighted by atomic mass is 9.92. The van der Waals surface area contributed by atoms with Crippen LogP contribution < -0.4 is 21.4 Å². The highest BCUT2D eigenvalue weighted by molar-refractivity contribution is 5.96. The van der Waals surface area contributed by atoms with Crippen LogP contribution in [0.4, 0.5) is 5.69 Å². The SMILES string of the molecule is CON(C(=O)CC(CC(C)C)C(=O)N[C@@H](Cc1ccccc1)C(=O)N[C@@H](CC(C)C)C(N)=O)c1ccccc1. The number of hydrogen-bond donors (Lipinski definition) is 3. The fraction of sp³-hybridized carbons (Fsp3) is 0.467. The van der Waals surface area contributed by atoms with Crippen molar-refractivity contribution in [2.45, 2.75) is 65.5 Å². The standard InChI is InChI=1S/C30H42N4O5/c1-20(2)16-23(19-27(35)34(39-5)24-14-10-7-11-15-24)29(37)33-26(18-22-12-8-6-9-13-22)30(38)32-25(28(31)36)17-21(3)4/h6-15,20-21,23,25-26H,16-19H2,1-5H3,(H2,31,36)(H,32,38)(H,33,37)/t23?,25-,26-/m0/s1. The minimum atomic E-state index is -0.966. The smallest absolute Gasteiger partial charge is 0.251 e. The van der Waals surface area contributed by atoms with Crippen molar-refractivity contribution in [1.29, 1.82) is 0 Å². The average molecular weight is 539 g/mol. The number of nitrogens with one attached hydrogen (secondary N) is 2. The zero-order valence-corrected chi connectivity index (χ0v) is 23.6. The Hall–Kier alpha value is -3.72. The molecule has 2 rings (SSSR count). The van der Waals surface area contributed by atoms with Gasteiger partial charge in [0.2, 0.25) is 17.7 Å². The number of nitrogens with two attached hydrogens (primary N) is 1. The second-order valence-electron chi connectivity index (χ2n) is 10.6. The summed E-state index contributed by atoms with van der Waals surface area (Å²) in [4.78, 5) is 57.4. The van der Waals surface area contributed by atoms with Crippen molar-refractivity contribution in [2.24, 2.45) is 23.5 Å². The summed E-state index contributed by atoms with van der Waals surface area (Å²) in [5.74, 6) is -2.39. The van der Waals surface area contributed by atoms with Crippen LogP contribution in [-0.4, -0.2) is 42.8 Å². The number of nitrogens with zero attached hydrogens (tertiary/aromatic N) is 1. The molecule has 0 aliphatic carbocycles. The summed E-state index contributed by atoms with van der Waals surface area (Å²) in [6.07, 6.45) is 0.913. The summed E-state index contributed by atoms with van der Waals surface area (Å²) in [5, 5.41) is 6.74. The number of hydroxylamine groups is 1. The molecule has 0 heterocycles. The van der Waals surface area contributed by atoms with Gasteiger partial charge in [-0.05, 0) is 42.4 Å². The molecule has 2 aromatic rings. The largest absolute Gasteiger partial charge is 0.368 e. The molecular weight excluding hydrogens is 496 g/mol. The van der Waals surface area contributed by atoms with E-state index in [2.05, 4.69) is 10.6 Å². The number of para-hydroxylation sites is 1. The van der Waals surface area contributed by atoms with Gasteiger partial charge in [0.1, 0.15) is 12.1 Å². The second kappa shape index (κ2) is 15.6. The normalized spacial score (nSPS) is 13.4. The van der Waals surface area contributed by atoms with E-state index in [4.69, 9.17) is 10.6 Å². The lowest BCUT2D eigenvalue weighted by Gasteiger charge is -2.27. The van der Waals surface area contributed by atoms with Gasteiger partial charge < -0.3 is 16.4 Å². The Morgan fingerprint density at radius 2 is 1.33 bits per heavy atom. The molecule has 1 unspecified atom stereocenters. The first kappa shape index (κ1) is 31.5. The number of amides is 4. The third-order valence-electron chi connectivity index (χ3n) is 6.23. The maximum Gasteiger partial charge on any atom is 0.251 e. The Balaban J connectivity index is 2.26. The minimum Gasteiger partial charge on any atom is -0.368 e. The molecule has 0 aromatic heterocycles. The summed E-state index contributed by atoms with van der Waals surface area (Å²) < 4.78 is 0. The monoisotopic (exact) mass is 538 g/mol. The number of benzene rings is 2. The molecule has 0 bridgehead atoms. The molecule has 0 fully saturated rings. The van der Waals surface area contributed by atoms with Gasteiger partial charge in [-0.3, -0.25) is 24.0 Å². The van der Waals surface area contributed by atoms with E-state index in [-0.39, 0.29) is 30.6 Å². The number of carbonyl (C=O) groups is 4. The van der Waals surface area contributed by atoms with Gasteiger partial charge >= 0.3 is 0 Å². The van der Waals surface area contributed by atoms with Crippen LogP contribution in [0.2, 0.25) is 0 Å². The number of rotatable bonds is 15. The van der Waals surface area contributed by atoms with Gasteiger partial charge in [0, 0.05) is 18.8 Å². The first-order valence-corrected chi connectivity index (χ1v) is 13.4. The zero-order valence-electron chi connectivity index (χ0n) is 23.6. The Morgan fingerprint density at radius 1 is 0.795 bits per heavy atom. The highest BCUT2D eigenvalue weighted by atomic mass is 16.7. The van der Waals surface area contributed by atoms with E-state index in [0.29, 0.717) is 18.5 Å². The van der Waals surface area contributed by atoms with Crippen molar-refractivity contribution in [3.63, 3.8) is 0 Å². The Kier molecular flexibility index (Phi) is 12.6. The summed E-state index contributed by atoms with van der Waals surface area (Å²) in [7, 11) is 1.40. The van der Waals surface area contributed by atoms with Crippen molar-refractivity contribution in [3.8, 4) is 0 Å². The van der Waals surface area contributed by atoms with E-state index >= 15 is 0 Å². The van der Waals surface area contributed by atoms with Crippen LogP contribution in [0.3, 0.4) is 0 Å². The van der Waals surface area contributed by atoms with Crippen LogP contribution in [-0.2, 0) is 30.4 Å². The molecule has 0 spiro atoms. The molecule has 0 radical (unpaired) electrons. The van der Waals surface area contributed by atoms with Crippen LogP contribution in [0.1, 0.15) is 52.5 Å². The molecule has 0 saturated carbocycles. The topological polar surface area (TPSA) is 131 Å². The third kappa shape index (κ3) is 10.5. The molecular formula is C30H42N4O5. The van der Waals surface area contributed by atoms with Crippen molar-refractivity contribution < 1.29 is 24.0 Å². The number of hydrogen-bond acceptors (Lipinski definition) is 5. The van der Waals surface area contributed by atoms with Gasteiger partial charge in [-0.1, -0.05) is 76.2 Å². The molecule has 0 aliphatic rings. The van der Waals surface area contributed by atoms with E-state index in [0.717, 1.165) is 10.6 Å². The van der Waals surface area contributed by atoms with Crippen molar-refractivity contribution >= 4 is 29.3 Å². The van der Waals surface area contributed by atoms with Gasteiger partial charge in [-0.2, -0.15) is 5.06 Å². The van der Waals surface area contributed by atoms with Gasteiger partial charge in [0.05, 0.1) is 12.8 Å². The van der Waals surface area contributed by atoms with E-state index < -0.39 is 35.7 Å². The highest BCUT2D eigenvalue weighted by Crippen LogP contribution is 2.21. The van der Waals surface area contributed by atoms with Crippen LogP contribution in [0.5, 0.6) is 0 Å². The fourth-order valence-corrected chi connectivity index (χ4v) is 4.40. The van der Waals surface area contributed by atoms with E-state index in [9.17, 15) is 19.2 Å². The van der Waals surface area contributed by atoms with E-state index in [1.807, 2.05) is 64.1 Å². The third-order valence-corrected chi connectivity index (χ3v) is 6.23. The number of anilines is 1. The predicted molar refractivity (Wildman–Crippen MR) is 151 cm³/mol. The maximum atomic E-state index is 13.6. The predicted octanol–water partition coefficient (Wildman–Crippen LogP) is 3.38. The summed E-state index contributed by atoms with van der Waals surface area (Å²) in [5.41, 5.74) is 6.93. The first-order chi connectivity index (χ1) is 18.5. The molecule has 0 aliphatic heterocycles. The minimum absolute atomic E-state index is 0.107. The lowest BCUT2D eigenvalue weighted by Crippen LogP contribution is -2.55. The molecule has 212 valence electrons.